The van der Waals surface area contributed by atoms with E-state index >= 15 is 0 Å². The van der Waals surface area contributed by atoms with Gasteiger partial charge in [-0.05, 0) is 34.6 Å². The first kappa shape index (κ1) is 12.7. The molecule has 1 heterocycles. The number of sulfone groups is 1. The molecular formula is C9H14BrNO3S. The number of rotatable bonds is 5. The molecule has 15 heavy (non-hydrogen) atoms. The van der Waals surface area contributed by atoms with E-state index in [-0.39, 0.29) is 11.8 Å². The van der Waals surface area contributed by atoms with Crippen LogP contribution in [0.2, 0.25) is 0 Å². The molecular weight excluding hydrogens is 282 g/mol. The summed E-state index contributed by atoms with van der Waals surface area (Å²) >= 11 is 3.19. The second kappa shape index (κ2) is 5.14. The number of hydrogen-bond donors (Lipinski definition) is 1. The third-order valence-electron chi connectivity index (χ3n) is 1.86. The molecule has 0 saturated heterocycles. The Labute approximate surface area is 98.1 Å². The Morgan fingerprint density at radius 3 is 2.60 bits per heavy atom. The summed E-state index contributed by atoms with van der Waals surface area (Å²) in [6, 6.07) is 3.24. The highest BCUT2D eigenvalue weighted by Crippen LogP contribution is 2.21. The normalized spacial score (nSPS) is 14.1. The van der Waals surface area contributed by atoms with Gasteiger partial charge < -0.3 is 9.73 Å². The van der Waals surface area contributed by atoms with Gasteiger partial charge in [0.2, 0.25) is 0 Å². The fraction of sp³-hybridized carbons (Fsp3) is 0.556. The van der Waals surface area contributed by atoms with E-state index in [1.54, 1.807) is 12.1 Å². The average Bonchev–Trinajstić information content (AvgIpc) is 2.48. The average molecular weight is 296 g/mol. The fourth-order valence-corrected chi connectivity index (χ4v) is 2.51. The molecule has 0 spiro atoms. The smallest absolute Gasteiger partial charge is 0.169 e. The molecule has 0 aromatic carbocycles. The SMILES string of the molecule is CCNC(CS(C)(=O)=O)c1ccc(Br)o1. The molecule has 0 aliphatic carbocycles. The van der Waals surface area contributed by atoms with Crippen molar-refractivity contribution >= 4 is 25.8 Å². The minimum atomic E-state index is -3.02. The van der Waals surface area contributed by atoms with Crippen LogP contribution in [0.1, 0.15) is 18.7 Å². The van der Waals surface area contributed by atoms with E-state index in [1.165, 1.54) is 6.26 Å². The van der Waals surface area contributed by atoms with Crippen molar-refractivity contribution in [2.75, 3.05) is 18.6 Å². The fourth-order valence-electron chi connectivity index (χ4n) is 1.31. The molecule has 0 fully saturated rings. The lowest BCUT2D eigenvalue weighted by Crippen LogP contribution is -2.27. The third kappa shape index (κ3) is 4.36. The summed E-state index contributed by atoms with van der Waals surface area (Å²) in [4.78, 5) is 0. The summed E-state index contributed by atoms with van der Waals surface area (Å²) in [5.74, 6) is 0.676. The van der Waals surface area contributed by atoms with Crippen LogP contribution >= 0.6 is 15.9 Å². The van der Waals surface area contributed by atoms with Crippen molar-refractivity contribution in [3.63, 3.8) is 0 Å². The van der Waals surface area contributed by atoms with Crippen LogP contribution in [0.25, 0.3) is 0 Å². The maximum absolute atomic E-state index is 11.2. The van der Waals surface area contributed by atoms with Gasteiger partial charge in [0.15, 0.2) is 4.67 Å². The molecule has 0 amide bonds. The van der Waals surface area contributed by atoms with E-state index in [1.807, 2.05) is 6.92 Å². The standard InChI is InChI=1S/C9H14BrNO3S/c1-3-11-7(6-15(2,12)13)8-4-5-9(10)14-8/h4-5,7,11H,3,6H2,1-2H3. The Bertz CT molecular complexity index is 413. The molecule has 0 radical (unpaired) electrons. The molecule has 0 saturated carbocycles. The Hall–Kier alpha value is -0.330. The van der Waals surface area contributed by atoms with Crippen molar-refractivity contribution in [3.8, 4) is 0 Å². The third-order valence-corrected chi connectivity index (χ3v) is 3.22. The molecule has 1 aromatic heterocycles. The topological polar surface area (TPSA) is 59.3 Å². The molecule has 4 nitrogen and oxygen atoms in total. The summed E-state index contributed by atoms with van der Waals surface area (Å²) in [5.41, 5.74) is 0. The van der Waals surface area contributed by atoms with Gasteiger partial charge in [0.1, 0.15) is 15.6 Å². The van der Waals surface area contributed by atoms with Crippen LogP contribution in [0, 0.1) is 0 Å². The highest BCUT2D eigenvalue weighted by molar-refractivity contribution is 9.10. The van der Waals surface area contributed by atoms with Crippen LogP contribution < -0.4 is 5.32 Å². The van der Waals surface area contributed by atoms with Gasteiger partial charge in [0.25, 0.3) is 0 Å². The minimum absolute atomic E-state index is 0.0425. The van der Waals surface area contributed by atoms with E-state index < -0.39 is 9.84 Å². The van der Waals surface area contributed by atoms with Crippen LogP contribution in [-0.2, 0) is 9.84 Å². The highest BCUT2D eigenvalue weighted by Gasteiger charge is 2.19. The second-order valence-corrected chi connectivity index (χ2v) is 6.31. The van der Waals surface area contributed by atoms with Crippen LogP contribution in [0.3, 0.4) is 0 Å². The zero-order valence-electron chi connectivity index (χ0n) is 8.66. The van der Waals surface area contributed by atoms with Gasteiger partial charge in [-0.1, -0.05) is 6.92 Å². The Balaban J connectivity index is 2.83. The van der Waals surface area contributed by atoms with Gasteiger partial charge in [-0.15, -0.1) is 0 Å². The summed E-state index contributed by atoms with van der Waals surface area (Å²) in [6.45, 7) is 2.62. The molecule has 0 aliphatic heterocycles. The number of nitrogens with one attached hydrogen (secondary N) is 1. The van der Waals surface area contributed by atoms with E-state index in [9.17, 15) is 8.42 Å². The Morgan fingerprint density at radius 2 is 2.20 bits per heavy atom. The zero-order valence-corrected chi connectivity index (χ0v) is 11.1. The van der Waals surface area contributed by atoms with Crippen LogP contribution in [0.4, 0.5) is 0 Å². The van der Waals surface area contributed by atoms with Crippen molar-refractivity contribution in [2.24, 2.45) is 0 Å². The number of hydrogen-bond acceptors (Lipinski definition) is 4. The van der Waals surface area contributed by atoms with Gasteiger partial charge in [-0.3, -0.25) is 0 Å². The Morgan fingerprint density at radius 1 is 1.53 bits per heavy atom. The maximum atomic E-state index is 11.2. The van der Waals surface area contributed by atoms with Crippen molar-refractivity contribution < 1.29 is 12.8 Å². The molecule has 0 aliphatic rings. The highest BCUT2D eigenvalue weighted by atomic mass is 79.9. The molecule has 1 aromatic rings. The van der Waals surface area contributed by atoms with Gasteiger partial charge in [-0.25, -0.2) is 8.42 Å². The minimum Gasteiger partial charge on any atom is -0.453 e. The predicted octanol–water partition coefficient (Wildman–Crippen LogP) is 1.74. The van der Waals surface area contributed by atoms with Crippen molar-refractivity contribution in [2.45, 2.75) is 13.0 Å². The molecule has 6 heteroatoms. The summed E-state index contributed by atoms with van der Waals surface area (Å²) < 4.78 is 28.3. The summed E-state index contributed by atoms with van der Waals surface area (Å²) in [6.07, 6.45) is 1.22. The van der Waals surface area contributed by atoms with Crippen LogP contribution in [0.15, 0.2) is 21.2 Å². The molecule has 0 bridgehead atoms. The van der Waals surface area contributed by atoms with Crippen molar-refractivity contribution in [3.05, 3.63) is 22.6 Å². The monoisotopic (exact) mass is 295 g/mol. The predicted molar refractivity (Wildman–Crippen MR) is 62.5 cm³/mol. The van der Waals surface area contributed by atoms with Crippen LogP contribution in [0.5, 0.6) is 0 Å². The van der Waals surface area contributed by atoms with E-state index in [0.717, 1.165) is 0 Å². The number of halogens is 1. The zero-order chi connectivity index (χ0) is 11.5. The molecule has 1 atom stereocenters. The second-order valence-electron chi connectivity index (χ2n) is 3.34. The lowest BCUT2D eigenvalue weighted by atomic mass is 10.2. The maximum Gasteiger partial charge on any atom is 0.169 e. The van der Waals surface area contributed by atoms with E-state index in [4.69, 9.17) is 4.42 Å². The van der Waals surface area contributed by atoms with Crippen molar-refractivity contribution in [1.29, 1.82) is 0 Å². The first-order chi connectivity index (χ1) is 6.92. The largest absolute Gasteiger partial charge is 0.453 e. The first-order valence-electron chi connectivity index (χ1n) is 4.58. The van der Waals surface area contributed by atoms with Crippen molar-refractivity contribution in [1.82, 2.24) is 5.32 Å². The van der Waals surface area contributed by atoms with Gasteiger partial charge in [0.05, 0.1) is 11.8 Å². The van der Waals surface area contributed by atoms with Gasteiger partial charge in [0, 0.05) is 6.26 Å². The summed E-state index contributed by atoms with van der Waals surface area (Å²) in [5, 5.41) is 3.08. The molecule has 1 N–H and O–H groups in total. The lowest BCUT2D eigenvalue weighted by Gasteiger charge is -2.13. The molecule has 1 rings (SSSR count). The van der Waals surface area contributed by atoms with E-state index in [2.05, 4.69) is 21.2 Å². The van der Waals surface area contributed by atoms with Gasteiger partial charge in [-0.2, -0.15) is 0 Å². The lowest BCUT2D eigenvalue weighted by molar-refractivity contribution is 0.423. The number of furan rings is 1. The quantitative estimate of drug-likeness (QED) is 0.899. The first-order valence-corrected chi connectivity index (χ1v) is 7.44. The van der Waals surface area contributed by atoms with Crippen LogP contribution in [-0.4, -0.2) is 27.0 Å². The Kier molecular flexibility index (Phi) is 4.36. The molecule has 1 unspecified atom stereocenters. The van der Waals surface area contributed by atoms with Gasteiger partial charge >= 0.3 is 0 Å². The molecule has 86 valence electrons. The summed E-state index contributed by atoms with van der Waals surface area (Å²) in [7, 11) is -3.02. The van der Waals surface area contributed by atoms with E-state index in [0.29, 0.717) is 17.0 Å².